The highest BCUT2D eigenvalue weighted by atomic mass is 32.2. The highest BCUT2D eigenvalue weighted by Gasteiger charge is 2.37. The van der Waals surface area contributed by atoms with Crippen LogP contribution in [0.2, 0.25) is 0 Å². The fourth-order valence-electron chi connectivity index (χ4n) is 2.78. The average molecular weight is 338 g/mol. The van der Waals surface area contributed by atoms with E-state index >= 15 is 0 Å². The summed E-state index contributed by atoms with van der Waals surface area (Å²) in [6.45, 7) is 7.99. The van der Waals surface area contributed by atoms with Crippen molar-refractivity contribution >= 4 is 16.0 Å². The van der Waals surface area contributed by atoms with Gasteiger partial charge in [-0.15, -0.1) is 0 Å². The number of nitrogens with zero attached hydrogens (tertiary/aromatic N) is 3. The quantitative estimate of drug-likeness (QED) is 0.906. The van der Waals surface area contributed by atoms with Crippen LogP contribution in [0.1, 0.15) is 52.0 Å². The van der Waals surface area contributed by atoms with Gasteiger partial charge in [0.1, 0.15) is 0 Å². The van der Waals surface area contributed by atoms with Crippen LogP contribution in [0.25, 0.3) is 0 Å². The summed E-state index contributed by atoms with van der Waals surface area (Å²) in [7, 11) is -3.09. The molecule has 1 aromatic rings. The lowest BCUT2D eigenvalue weighted by Gasteiger charge is -2.32. The molecule has 7 heteroatoms. The highest BCUT2D eigenvalue weighted by molar-refractivity contribution is 7.90. The molecule has 2 heterocycles. The number of aromatic nitrogens is 2. The predicted octanol–water partition coefficient (Wildman–Crippen LogP) is 1.82. The molecule has 0 radical (unpaired) electrons. The summed E-state index contributed by atoms with van der Waals surface area (Å²) in [4.78, 5) is 11.1. The first kappa shape index (κ1) is 16.6. The Balaban J connectivity index is 1.56. The van der Waals surface area contributed by atoms with Crippen molar-refractivity contribution in [2.75, 3.05) is 18.0 Å². The van der Waals surface area contributed by atoms with Crippen LogP contribution in [-0.4, -0.2) is 42.8 Å². The Hall–Kier alpha value is -1.21. The van der Waals surface area contributed by atoms with E-state index in [1.165, 1.54) is 0 Å². The van der Waals surface area contributed by atoms with Gasteiger partial charge < -0.3 is 4.90 Å². The van der Waals surface area contributed by atoms with E-state index in [0.717, 1.165) is 50.3 Å². The third kappa shape index (κ3) is 4.01. The zero-order valence-corrected chi connectivity index (χ0v) is 14.9. The van der Waals surface area contributed by atoms with Gasteiger partial charge in [-0.3, -0.25) is 0 Å². The average Bonchev–Trinajstić information content (AvgIpc) is 3.32. The van der Waals surface area contributed by atoms with Crippen molar-refractivity contribution in [1.29, 1.82) is 0 Å². The molecule has 0 aromatic carbocycles. The lowest BCUT2D eigenvalue weighted by Crippen LogP contribution is -2.46. The molecule has 1 aromatic heterocycles. The van der Waals surface area contributed by atoms with Gasteiger partial charge >= 0.3 is 0 Å². The van der Waals surface area contributed by atoms with E-state index in [0.29, 0.717) is 0 Å². The molecule has 1 saturated carbocycles. The Kier molecular flexibility index (Phi) is 4.35. The van der Waals surface area contributed by atoms with Crippen molar-refractivity contribution in [3.8, 4) is 0 Å². The lowest BCUT2D eigenvalue weighted by molar-refractivity contribution is 0.455. The van der Waals surface area contributed by atoms with Crippen LogP contribution in [-0.2, 0) is 15.4 Å². The van der Waals surface area contributed by atoms with E-state index < -0.39 is 10.0 Å². The predicted molar refractivity (Wildman–Crippen MR) is 91.0 cm³/mol. The Labute approximate surface area is 138 Å². The summed E-state index contributed by atoms with van der Waals surface area (Å²) < 4.78 is 26.9. The van der Waals surface area contributed by atoms with Crippen LogP contribution in [0.4, 0.5) is 5.95 Å². The summed E-state index contributed by atoms with van der Waals surface area (Å²) in [6, 6.07) is 0.0469. The molecular formula is C16H26N4O2S. The van der Waals surface area contributed by atoms with Crippen molar-refractivity contribution in [3.05, 3.63) is 18.0 Å². The van der Waals surface area contributed by atoms with Crippen molar-refractivity contribution in [1.82, 2.24) is 14.7 Å². The van der Waals surface area contributed by atoms with Crippen molar-refractivity contribution in [2.24, 2.45) is 0 Å². The Morgan fingerprint density at radius 3 is 2.13 bits per heavy atom. The zero-order valence-electron chi connectivity index (χ0n) is 14.1. The van der Waals surface area contributed by atoms with Gasteiger partial charge in [0, 0.05) is 31.5 Å². The van der Waals surface area contributed by atoms with Crippen LogP contribution < -0.4 is 9.62 Å². The standard InChI is InChI=1S/C16H26N4O2S/c1-16(2,3)12-10-17-15(18-11-12)20-8-6-13(7-9-20)19-23(21,22)14-4-5-14/h10-11,13-14,19H,4-9H2,1-3H3. The van der Waals surface area contributed by atoms with Gasteiger partial charge in [0.15, 0.2) is 0 Å². The van der Waals surface area contributed by atoms with Crippen LogP contribution in [0.5, 0.6) is 0 Å². The van der Waals surface area contributed by atoms with Crippen molar-refractivity contribution in [2.45, 2.75) is 63.2 Å². The molecule has 6 nitrogen and oxygen atoms in total. The van der Waals surface area contributed by atoms with Crippen LogP contribution in [0, 0.1) is 0 Å². The first-order valence-electron chi connectivity index (χ1n) is 8.34. The van der Waals surface area contributed by atoms with Gasteiger partial charge in [0.05, 0.1) is 5.25 Å². The molecule has 0 bridgehead atoms. The van der Waals surface area contributed by atoms with E-state index in [-0.39, 0.29) is 16.7 Å². The third-order valence-corrected chi connectivity index (χ3v) is 6.59. The van der Waals surface area contributed by atoms with E-state index in [9.17, 15) is 8.42 Å². The molecule has 23 heavy (non-hydrogen) atoms. The minimum atomic E-state index is -3.09. The zero-order chi connectivity index (χ0) is 16.7. The van der Waals surface area contributed by atoms with Gasteiger partial charge in [-0.2, -0.15) is 0 Å². The van der Waals surface area contributed by atoms with Gasteiger partial charge in [-0.25, -0.2) is 23.1 Å². The van der Waals surface area contributed by atoms with Crippen molar-refractivity contribution < 1.29 is 8.42 Å². The smallest absolute Gasteiger partial charge is 0.225 e. The molecule has 2 aliphatic rings. The van der Waals surface area contributed by atoms with Crippen molar-refractivity contribution in [3.63, 3.8) is 0 Å². The minimum Gasteiger partial charge on any atom is -0.341 e. The largest absolute Gasteiger partial charge is 0.341 e. The first-order chi connectivity index (χ1) is 10.8. The SMILES string of the molecule is CC(C)(C)c1cnc(N2CCC(NS(=O)(=O)C3CC3)CC2)nc1. The molecular weight excluding hydrogens is 312 g/mol. The van der Waals surface area contributed by atoms with E-state index in [1.54, 1.807) is 0 Å². The lowest BCUT2D eigenvalue weighted by atomic mass is 9.89. The molecule has 1 N–H and O–H groups in total. The fraction of sp³-hybridized carbons (Fsp3) is 0.750. The summed E-state index contributed by atoms with van der Waals surface area (Å²) in [5, 5.41) is -0.145. The molecule has 0 amide bonds. The van der Waals surface area contributed by atoms with Gasteiger partial charge in [0.2, 0.25) is 16.0 Å². The van der Waals surface area contributed by atoms with Crippen LogP contribution in [0.15, 0.2) is 12.4 Å². The number of sulfonamides is 1. The summed E-state index contributed by atoms with van der Waals surface area (Å²) in [5.41, 5.74) is 1.17. The number of rotatable bonds is 4. The number of hydrogen-bond acceptors (Lipinski definition) is 5. The Bertz CT molecular complexity index is 640. The minimum absolute atomic E-state index is 0.0469. The molecule has 0 spiro atoms. The van der Waals surface area contributed by atoms with Gasteiger partial charge in [-0.1, -0.05) is 20.8 Å². The molecule has 0 unspecified atom stereocenters. The monoisotopic (exact) mass is 338 g/mol. The second kappa shape index (κ2) is 6.02. The first-order valence-corrected chi connectivity index (χ1v) is 9.89. The normalized spacial score (nSPS) is 20.7. The maximum atomic E-state index is 12.0. The maximum Gasteiger partial charge on any atom is 0.225 e. The molecule has 1 aliphatic heterocycles. The third-order valence-electron chi connectivity index (χ3n) is 4.58. The summed E-state index contributed by atoms with van der Waals surface area (Å²) >= 11 is 0. The van der Waals surface area contributed by atoms with E-state index in [1.807, 2.05) is 12.4 Å². The highest BCUT2D eigenvalue weighted by Crippen LogP contribution is 2.28. The van der Waals surface area contributed by atoms with Crippen LogP contribution in [0.3, 0.4) is 0 Å². The number of piperidine rings is 1. The molecule has 1 aliphatic carbocycles. The Morgan fingerprint density at radius 2 is 1.65 bits per heavy atom. The van der Waals surface area contributed by atoms with Gasteiger partial charge in [0.25, 0.3) is 0 Å². The Morgan fingerprint density at radius 1 is 1.09 bits per heavy atom. The second-order valence-corrected chi connectivity index (χ2v) is 9.64. The second-order valence-electron chi connectivity index (χ2n) is 7.65. The maximum absolute atomic E-state index is 12.0. The molecule has 3 rings (SSSR count). The summed E-state index contributed by atoms with van der Waals surface area (Å²) in [5.74, 6) is 0.738. The molecule has 2 fully saturated rings. The number of hydrogen-bond donors (Lipinski definition) is 1. The molecule has 128 valence electrons. The topological polar surface area (TPSA) is 75.2 Å². The van der Waals surface area contributed by atoms with E-state index in [4.69, 9.17) is 0 Å². The fourth-order valence-corrected chi connectivity index (χ4v) is 4.43. The molecule has 1 saturated heterocycles. The van der Waals surface area contributed by atoms with E-state index in [2.05, 4.69) is 40.4 Å². The van der Waals surface area contributed by atoms with Crippen LogP contribution >= 0.6 is 0 Å². The molecule has 0 atom stereocenters. The number of nitrogens with one attached hydrogen (secondary N) is 1. The summed E-state index contributed by atoms with van der Waals surface area (Å²) in [6.07, 6.45) is 7.01. The van der Waals surface area contributed by atoms with Gasteiger partial charge in [-0.05, 0) is 36.7 Å². The number of anilines is 1.